The van der Waals surface area contributed by atoms with Crippen LogP contribution in [0.3, 0.4) is 0 Å². The van der Waals surface area contributed by atoms with E-state index in [1.165, 1.54) is 0 Å². The van der Waals surface area contributed by atoms with Crippen molar-refractivity contribution in [3.05, 3.63) is 47.2 Å². The van der Waals surface area contributed by atoms with Crippen molar-refractivity contribution in [2.45, 2.75) is 13.3 Å². The molecule has 0 aliphatic carbocycles. The predicted molar refractivity (Wildman–Crippen MR) is 73.7 cm³/mol. The summed E-state index contributed by atoms with van der Waals surface area (Å²) in [5, 5.41) is 8.62. The molecule has 2 heterocycles. The lowest BCUT2D eigenvalue weighted by Gasteiger charge is -2.05. The highest BCUT2D eigenvalue weighted by Crippen LogP contribution is 2.27. The summed E-state index contributed by atoms with van der Waals surface area (Å²) >= 11 is 6.24. The number of benzene rings is 1. The van der Waals surface area contributed by atoms with Crippen LogP contribution in [-0.2, 0) is 6.42 Å². The average molecular weight is 258 g/mol. The van der Waals surface area contributed by atoms with Gasteiger partial charge in [0.25, 0.3) is 0 Å². The number of fused-ring (bicyclic) bond motifs is 1. The summed E-state index contributed by atoms with van der Waals surface area (Å²) in [5.41, 5.74) is 4.09. The number of hydrogen-bond acceptors (Lipinski definition) is 2. The van der Waals surface area contributed by atoms with Gasteiger partial charge in [0, 0.05) is 22.2 Å². The van der Waals surface area contributed by atoms with E-state index in [1.807, 2.05) is 12.3 Å². The lowest BCUT2D eigenvalue weighted by atomic mass is 10.0. The molecule has 0 aliphatic rings. The Kier molecular flexibility index (Phi) is 2.76. The number of aryl methyl sites for hydroxylation is 1. The summed E-state index contributed by atoms with van der Waals surface area (Å²) in [7, 11) is 0. The molecule has 0 atom stereocenters. The number of aromatic nitrogens is 3. The van der Waals surface area contributed by atoms with Crippen molar-refractivity contribution in [2.75, 3.05) is 0 Å². The molecule has 0 saturated carbocycles. The van der Waals surface area contributed by atoms with Gasteiger partial charge in [0.05, 0.1) is 6.20 Å². The standard InChI is InChI=1S/C14H12ClN3/c1-2-9-3-4-10(6-13(9)15)11-5-12-8-17-18-14(12)16-7-11/h3-8H,2H2,1H3,(H,16,17,18). The molecule has 0 spiro atoms. The molecule has 3 nitrogen and oxygen atoms in total. The highest BCUT2D eigenvalue weighted by molar-refractivity contribution is 6.31. The van der Waals surface area contributed by atoms with E-state index in [1.54, 1.807) is 6.20 Å². The van der Waals surface area contributed by atoms with Crippen LogP contribution in [0.4, 0.5) is 0 Å². The number of hydrogen-bond donors (Lipinski definition) is 1. The molecular weight excluding hydrogens is 246 g/mol. The van der Waals surface area contributed by atoms with E-state index in [2.05, 4.69) is 40.3 Å². The maximum Gasteiger partial charge on any atom is 0.155 e. The van der Waals surface area contributed by atoms with Crippen molar-refractivity contribution in [3.8, 4) is 11.1 Å². The second-order valence-corrected chi connectivity index (χ2v) is 4.60. The molecule has 1 aromatic carbocycles. The Labute approximate surface area is 110 Å². The highest BCUT2D eigenvalue weighted by Gasteiger charge is 2.05. The van der Waals surface area contributed by atoms with Gasteiger partial charge in [-0.05, 0) is 29.7 Å². The second kappa shape index (κ2) is 4.42. The first-order chi connectivity index (χ1) is 8.78. The number of pyridine rings is 1. The first-order valence-electron chi connectivity index (χ1n) is 5.86. The lowest BCUT2D eigenvalue weighted by Crippen LogP contribution is -1.85. The summed E-state index contributed by atoms with van der Waals surface area (Å²) in [6.45, 7) is 2.10. The smallest absolute Gasteiger partial charge is 0.155 e. The fourth-order valence-electron chi connectivity index (χ4n) is 2.01. The van der Waals surface area contributed by atoms with E-state index in [4.69, 9.17) is 11.6 Å². The monoisotopic (exact) mass is 257 g/mol. The number of nitrogens with zero attached hydrogens (tertiary/aromatic N) is 2. The molecular formula is C14H12ClN3. The molecule has 3 aromatic rings. The van der Waals surface area contributed by atoms with Crippen molar-refractivity contribution in [1.82, 2.24) is 15.2 Å². The lowest BCUT2D eigenvalue weighted by molar-refractivity contribution is 1.10. The number of H-pyrrole nitrogens is 1. The molecule has 0 saturated heterocycles. The normalized spacial score (nSPS) is 11.0. The van der Waals surface area contributed by atoms with E-state index in [9.17, 15) is 0 Å². The quantitative estimate of drug-likeness (QED) is 0.758. The van der Waals surface area contributed by atoms with Crippen LogP contribution >= 0.6 is 11.6 Å². The van der Waals surface area contributed by atoms with Gasteiger partial charge in [0.2, 0.25) is 0 Å². The zero-order chi connectivity index (χ0) is 12.5. The molecule has 0 fully saturated rings. The maximum absolute atomic E-state index is 6.24. The first kappa shape index (κ1) is 11.2. The Balaban J connectivity index is 2.10. The first-order valence-corrected chi connectivity index (χ1v) is 6.23. The summed E-state index contributed by atoms with van der Waals surface area (Å²) in [6.07, 6.45) is 4.55. The number of aromatic amines is 1. The third-order valence-electron chi connectivity index (χ3n) is 3.06. The van der Waals surface area contributed by atoms with Crippen molar-refractivity contribution in [2.24, 2.45) is 0 Å². The molecule has 0 aliphatic heterocycles. The Morgan fingerprint density at radius 2 is 2.06 bits per heavy atom. The zero-order valence-electron chi connectivity index (χ0n) is 9.94. The van der Waals surface area contributed by atoms with Crippen LogP contribution < -0.4 is 0 Å². The van der Waals surface area contributed by atoms with Gasteiger partial charge < -0.3 is 0 Å². The average Bonchev–Trinajstić information content (AvgIpc) is 2.85. The van der Waals surface area contributed by atoms with Gasteiger partial charge >= 0.3 is 0 Å². The summed E-state index contributed by atoms with van der Waals surface area (Å²) in [4.78, 5) is 4.33. The van der Waals surface area contributed by atoms with Crippen LogP contribution in [0.1, 0.15) is 12.5 Å². The fourth-order valence-corrected chi connectivity index (χ4v) is 2.32. The van der Waals surface area contributed by atoms with Crippen LogP contribution in [0.2, 0.25) is 5.02 Å². The Hall–Kier alpha value is -1.87. The SMILES string of the molecule is CCc1ccc(-c2cnc3[nH]ncc3c2)cc1Cl. The molecule has 0 amide bonds. The Morgan fingerprint density at radius 1 is 1.17 bits per heavy atom. The third kappa shape index (κ3) is 1.87. The fraction of sp³-hybridized carbons (Fsp3) is 0.143. The van der Waals surface area contributed by atoms with Crippen LogP contribution in [0.5, 0.6) is 0 Å². The largest absolute Gasteiger partial charge is 0.261 e. The molecule has 0 radical (unpaired) electrons. The summed E-state index contributed by atoms with van der Waals surface area (Å²) in [5.74, 6) is 0. The van der Waals surface area contributed by atoms with Crippen molar-refractivity contribution in [3.63, 3.8) is 0 Å². The molecule has 0 bridgehead atoms. The second-order valence-electron chi connectivity index (χ2n) is 4.19. The van der Waals surface area contributed by atoms with E-state index < -0.39 is 0 Å². The van der Waals surface area contributed by atoms with Gasteiger partial charge in [-0.25, -0.2) is 4.98 Å². The van der Waals surface area contributed by atoms with Crippen LogP contribution in [0.15, 0.2) is 36.7 Å². The van der Waals surface area contributed by atoms with Crippen molar-refractivity contribution >= 4 is 22.6 Å². The van der Waals surface area contributed by atoms with Crippen LogP contribution in [0, 0.1) is 0 Å². The van der Waals surface area contributed by atoms with Crippen LogP contribution in [-0.4, -0.2) is 15.2 Å². The van der Waals surface area contributed by atoms with E-state index >= 15 is 0 Å². The van der Waals surface area contributed by atoms with Gasteiger partial charge in [0.1, 0.15) is 0 Å². The van der Waals surface area contributed by atoms with Gasteiger partial charge in [0.15, 0.2) is 5.65 Å². The minimum absolute atomic E-state index is 0.801. The van der Waals surface area contributed by atoms with E-state index in [0.29, 0.717) is 0 Å². The Morgan fingerprint density at radius 3 is 2.83 bits per heavy atom. The maximum atomic E-state index is 6.24. The molecule has 4 heteroatoms. The predicted octanol–water partition coefficient (Wildman–Crippen LogP) is 3.84. The molecule has 1 N–H and O–H groups in total. The van der Waals surface area contributed by atoms with Gasteiger partial charge in [-0.1, -0.05) is 30.7 Å². The number of rotatable bonds is 2. The van der Waals surface area contributed by atoms with Gasteiger partial charge in [-0.15, -0.1) is 0 Å². The third-order valence-corrected chi connectivity index (χ3v) is 3.41. The minimum Gasteiger partial charge on any atom is -0.261 e. The molecule has 18 heavy (non-hydrogen) atoms. The zero-order valence-corrected chi connectivity index (χ0v) is 10.7. The topological polar surface area (TPSA) is 41.6 Å². The molecule has 3 rings (SSSR count). The highest BCUT2D eigenvalue weighted by atomic mass is 35.5. The summed E-state index contributed by atoms with van der Waals surface area (Å²) in [6, 6.07) is 8.19. The van der Waals surface area contributed by atoms with Crippen LogP contribution in [0.25, 0.3) is 22.2 Å². The van der Waals surface area contributed by atoms with Gasteiger partial charge in [-0.3, -0.25) is 5.10 Å². The molecule has 0 unspecified atom stereocenters. The van der Waals surface area contributed by atoms with Crippen molar-refractivity contribution < 1.29 is 0 Å². The van der Waals surface area contributed by atoms with E-state index in [-0.39, 0.29) is 0 Å². The summed E-state index contributed by atoms with van der Waals surface area (Å²) < 4.78 is 0. The molecule has 2 aromatic heterocycles. The van der Waals surface area contributed by atoms with Crippen molar-refractivity contribution in [1.29, 1.82) is 0 Å². The number of halogens is 1. The molecule has 90 valence electrons. The van der Waals surface area contributed by atoms with Gasteiger partial charge in [-0.2, -0.15) is 5.10 Å². The van der Waals surface area contributed by atoms with E-state index in [0.717, 1.165) is 39.2 Å². The minimum atomic E-state index is 0.801. The number of nitrogens with one attached hydrogen (secondary N) is 1. The Bertz CT molecular complexity index is 703.